The number of halogens is 1. The summed E-state index contributed by atoms with van der Waals surface area (Å²) in [5.74, 6) is 1.04. The molecule has 1 heterocycles. The number of thioether (sulfide) groups is 1. The van der Waals surface area contributed by atoms with Crippen molar-refractivity contribution in [2.45, 2.75) is 18.1 Å². The second-order valence-corrected chi connectivity index (χ2v) is 6.21. The predicted molar refractivity (Wildman–Crippen MR) is 81.4 cm³/mol. The summed E-state index contributed by atoms with van der Waals surface area (Å²) in [5.41, 5.74) is 6.82. The fourth-order valence-electron chi connectivity index (χ4n) is 1.77. The van der Waals surface area contributed by atoms with Gasteiger partial charge < -0.3 is 11.1 Å². The van der Waals surface area contributed by atoms with Crippen LogP contribution in [-0.2, 0) is 4.79 Å². The van der Waals surface area contributed by atoms with Crippen molar-refractivity contribution >= 4 is 52.2 Å². The number of carbonyl (C=O) groups excluding carboxylic acids is 1. The molecule has 1 aliphatic rings. The molecule has 0 aliphatic carbocycles. The highest BCUT2D eigenvalue weighted by Crippen LogP contribution is 2.29. The number of carbonyl (C=O) groups is 1. The summed E-state index contributed by atoms with van der Waals surface area (Å²) in [6.07, 6.45) is 2.01. The number of thiocarbonyl (C=S) groups is 1. The first-order chi connectivity index (χ1) is 8.58. The topological polar surface area (TPSA) is 55.1 Å². The fourth-order valence-corrected chi connectivity index (χ4v) is 3.23. The van der Waals surface area contributed by atoms with Crippen LogP contribution in [0.1, 0.15) is 18.4 Å². The van der Waals surface area contributed by atoms with Crippen molar-refractivity contribution < 1.29 is 4.79 Å². The SMILES string of the molecule is NC(=S)c1ccc(Cl)c(NC(=O)C2CCCS2)c1. The van der Waals surface area contributed by atoms with Gasteiger partial charge in [0.25, 0.3) is 0 Å². The van der Waals surface area contributed by atoms with Crippen molar-refractivity contribution in [3.05, 3.63) is 28.8 Å². The van der Waals surface area contributed by atoms with Crippen LogP contribution in [0.3, 0.4) is 0 Å². The summed E-state index contributed by atoms with van der Waals surface area (Å²) >= 11 is 12.6. The Bertz CT molecular complexity index is 487. The summed E-state index contributed by atoms with van der Waals surface area (Å²) in [6, 6.07) is 5.14. The van der Waals surface area contributed by atoms with Gasteiger partial charge >= 0.3 is 0 Å². The average molecular weight is 301 g/mol. The van der Waals surface area contributed by atoms with E-state index >= 15 is 0 Å². The molecule has 1 aromatic carbocycles. The summed E-state index contributed by atoms with van der Waals surface area (Å²) < 4.78 is 0. The molecule has 1 amide bonds. The van der Waals surface area contributed by atoms with Gasteiger partial charge in [0.05, 0.1) is 16.0 Å². The van der Waals surface area contributed by atoms with E-state index in [1.807, 2.05) is 0 Å². The molecule has 0 radical (unpaired) electrons. The normalized spacial score (nSPS) is 18.6. The van der Waals surface area contributed by atoms with E-state index in [0.717, 1.165) is 18.6 Å². The Balaban J connectivity index is 2.14. The molecule has 0 bridgehead atoms. The van der Waals surface area contributed by atoms with Gasteiger partial charge in [0, 0.05) is 5.56 Å². The third-order valence-electron chi connectivity index (χ3n) is 2.73. The van der Waals surface area contributed by atoms with E-state index in [4.69, 9.17) is 29.6 Å². The highest BCUT2D eigenvalue weighted by molar-refractivity contribution is 8.00. The Morgan fingerprint density at radius 1 is 1.56 bits per heavy atom. The number of benzene rings is 1. The standard InChI is InChI=1S/C12H13ClN2OS2/c13-8-4-3-7(11(14)17)6-9(8)15-12(16)10-2-1-5-18-10/h3-4,6,10H,1-2,5H2,(H2,14,17)(H,15,16). The average Bonchev–Trinajstić information content (AvgIpc) is 2.85. The van der Waals surface area contributed by atoms with Crippen LogP contribution in [0.15, 0.2) is 18.2 Å². The van der Waals surface area contributed by atoms with Gasteiger partial charge in [-0.1, -0.05) is 29.9 Å². The molecule has 96 valence electrons. The number of rotatable bonds is 3. The van der Waals surface area contributed by atoms with Gasteiger partial charge in [-0.3, -0.25) is 4.79 Å². The highest BCUT2D eigenvalue weighted by Gasteiger charge is 2.23. The van der Waals surface area contributed by atoms with Gasteiger partial charge in [-0.25, -0.2) is 0 Å². The van der Waals surface area contributed by atoms with Crippen molar-refractivity contribution in [3.8, 4) is 0 Å². The Morgan fingerprint density at radius 2 is 2.33 bits per heavy atom. The molecule has 0 spiro atoms. The summed E-state index contributed by atoms with van der Waals surface area (Å²) in [6.45, 7) is 0. The number of anilines is 1. The summed E-state index contributed by atoms with van der Waals surface area (Å²) in [5, 5.41) is 3.36. The number of hydrogen-bond acceptors (Lipinski definition) is 3. The third kappa shape index (κ3) is 3.16. The quantitative estimate of drug-likeness (QED) is 0.843. The maximum absolute atomic E-state index is 12.0. The maximum atomic E-state index is 12.0. The van der Waals surface area contributed by atoms with E-state index in [9.17, 15) is 4.79 Å². The lowest BCUT2D eigenvalue weighted by molar-refractivity contribution is -0.115. The van der Waals surface area contributed by atoms with E-state index in [2.05, 4.69) is 5.32 Å². The lowest BCUT2D eigenvalue weighted by atomic mass is 10.2. The van der Waals surface area contributed by atoms with Gasteiger partial charge in [0.2, 0.25) is 5.91 Å². The molecule has 0 aromatic heterocycles. The summed E-state index contributed by atoms with van der Waals surface area (Å²) in [4.78, 5) is 12.3. The molecule has 3 N–H and O–H groups in total. The van der Waals surface area contributed by atoms with E-state index < -0.39 is 0 Å². The van der Waals surface area contributed by atoms with Gasteiger partial charge in [0.1, 0.15) is 4.99 Å². The van der Waals surface area contributed by atoms with Crippen LogP contribution in [0.5, 0.6) is 0 Å². The Kier molecular flexibility index (Phi) is 4.48. The van der Waals surface area contributed by atoms with Crippen molar-refractivity contribution in [3.63, 3.8) is 0 Å². The van der Waals surface area contributed by atoms with Gasteiger partial charge in [-0.15, -0.1) is 11.8 Å². The van der Waals surface area contributed by atoms with Crippen molar-refractivity contribution in [1.29, 1.82) is 0 Å². The van der Waals surface area contributed by atoms with Crippen LogP contribution < -0.4 is 11.1 Å². The van der Waals surface area contributed by atoms with Crippen LogP contribution in [0, 0.1) is 0 Å². The van der Waals surface area contributed by atoms with Crippen LogP contribution in [0.4, 0.5) is 5.69 Å². The lowest BCUT2D eigenvalue weighted by Crippen LogP contribution is -2.23. The molecule has 1 fully saturated rings. The van der Waals surface area contributed by atoms with Crippen LogP contribution in [0.2, 0.25) is 5.02 Å². The molecule has 0 saturated carbocycles. The molecule has 3 nitrogen and oxygen atoms in total. The Labute approximate surface area is 120 Å². The highest BCUT2D eigenvalue weighted by atomic mass is 35.5. The number of amides is 1. The number of nitrogens with two attached hydrogens (primary N) is 1. The second-order valence-electron chi connectivity index (χ2n) is 4.05. The number of nitrogens with one attached hydrogen (secondary N) is 1. The summed E-state index contributed by atoms with van der Waals surface area (Å²) in [7, 11) is 0. The van der Waals surface area contributed by atoms with Gasteiger partial charge in [-0.2, -0.15) is 0 Å². The van der Waals surface area contributed by atoms with E-state index in [1.165, 1.54) is 0 Å². The van der Waals surface area contributed by atoms with Gasteiger partial charge in [0.15, 0.2) is 0 Å². The molecule has 2 rings (SSSR count). The van der Waals surface area contributed by atoms with Crippen LogP contribution in [-0.4, -0.2) is 21.9 Å². The first-order valence-electron chi connectivity index (χ1n) is 5.60. The first-order valence-corrected chi connectivity index (χ1v) is 7.43. The zero-order valence-electron chi connectivity index (χ0n) is 9.61. The molecule has 1 aromatic rings. The molecule has 1 atom stereocenters. The molecule has 1 unspecified atom stereocenters. The molecular weight excluding hydrogens is 288 g/mol. The maximum Gasteiger partial charge on any atom is 0.237 e. The molecular formula is C12H13ClN2OS2. The lowest BCUT2D eigenvalue weighted by Gasteiger charge is -2.12. The largest absolute Gasteiger partial charge is 0.389 e. The monoisotopic (exact) mass is 300 g/mol. The number of hydrogen-bond donors (Lipinski definition) is 2. The Hall–Kier alpha value is -0.780. The zero-order valence-corrected chi connectivity index (χ0v) is 12.0. The minimum absolute atomic E-state index is 0.000472. The Morgan fingerprint density at radius 3 is 2.94 bits per heavy atom. The minimum atomic E-state index is -0.000472. The van der Waals surface area contributed by atoms with E-state index in [1.54, 1.807) is 30.0 Å². The molecule has 1 aliphatic heterocycles. The van der Waals surface area contributed by atoms with Crippen molar-refractivity contribution in [1.82, 2.24) is 0 Å². The molecule has 6 heteroatoms. The molecule has 1 saturated heterocycles. The van der Waals surface area contributed by atoms with Crippen LogP contribution in [0.25, 0.3) is 0 Å². The van der Waals surface area contributed by atoms with Crippen molar-refractivity contribution in [2.24, 2.45) is 5.73 Å². The van der Waals surface area contributed by atoms with E-state index in [0.29, 0.717) is 16.3 Å². The minimum Gasteiger partial charge on any atom is -0.389 e. The predicted octanol–water partition coefficient (Wildman–Crippen LogP) is 2.81. The smallest absolute Gasteiger partial charge is 0.237 e. The molecule has 18 heavy (non-hydrogen) atoms. The van der Waals surface area contributed by atoms with Crippen LogP contribution >= 0.6 is 35.6 Å². The fraction of sp³-hybridized carbons (Fsp3) is 0.333. The third-order valence-corrected chi connectivity index (χ3v) is 4.67. The second kappa shape index (κ2) is 5.91. The van der Waals surface area contributed by atoms with Crippen molar-refractivity contribution in [2.75, 3.05) is 11.1 Å². The zero-order chi connectivity index (χ0) is 13.1. The first kappa shape index (κ1) is 13.6. The van der Waals surface area contributed by atoms with Gasteiger partial charge in [-0.05, 0) is 30.7 Å². The van der Waals surface area contributed by atoms with E-state index in [-0.39, 0.29) is 16.1 Å².